The fourth-order valence-electron chi connectivity index (χ4n) is 2.72. The standard InChI is InChI=1S/C17H16N2O4/c20-17(23-16-8-6-15(7-9-16)19(21)22)18-11-10-14(12-18)13-4-2-1-3-5-13/h1-9,14H,10-12H2. The maximum absolute atomic E-state index is 12.2. The number of likely N-dealkylation sites (tertiary alicyclic amines) is 1. The molecular weight excluding hydrogens is 296 g/mol. The minimum absolute atomic E-state index is 0.0323. The number of nitrogens with zero attached hydrogens (tertiary/aromatic N) is 2. The molecule has 1 amide bonds. The summed E-state index contributed by atoms with van der Waals surface area (Å²) >= 11 is 0. The summed E-state index contributed by atoms with van der Waals surface area (Å²) < 4.78 is 5.28. The first-order valence-electron chi connectivity index (χ1n) is 7.39. The van der Waals surface area contributed by atoms with Crippen LogP contribution in [0.1, 0.15) is 17.9 Å². The van der Waals surface area contributed by atoms with E-state index in [1.807, 2.05) is 18.2 Å². The third kappa shape index (κ3) is 3.48. The molecule has 1 aliphatic heterocycles. The predicted octanol–water partition coefficient (Wildman–Crippen LogP) is 3.58. The second-order valence-electron chi connectivity index (χ2n) is 5.46. The molecule has 0 radical (unpaired) electrons. The molecule has 1 fully saturated rings. The average molecular weight is 312 g/mol. The number of rotatable bonds is 3. The fourth-order valence-corrected chi connectivity index (χ4v) is 2.72. The van der Waals surface area contributed by atoms with E-state index in [0.717, 1.165) is 6.42 Å². The highest BCUT2D eigenvalue weighted by atomic mass is 16.6. The van der Waals surface area contributed by atoms with Crippen LogP contribution in [0.15, 0.2) is 54.6 Å². The van der Waals surface area contributed by atoms with Gasteiger partial charge in [-0.05, 0) is 24.1 Å². The van der Waals surface area contributed by atoms with E-state index in [0.29, 0.717) is 24.8 Å². The summed E-state index contributed by atoms with van der Waals surface area (Å²) in [5.74, 6) is 0.629. The van der Waals surface area contributed by atoms with E-state index in [2.05, 4.69) is 12.1 Å². The number of nitro groups is 1. The van der Waals surface area contributed by atoms with Gasteiger partial charge in [-0.25, -0.2) is 4.79 Å². The minimum atomic E-state index is -0.490. The van der Waals surface area contributed by atoms with Crippen LogP contribution in [0, 0.1) is 10.1 Å². The first-order chi connectivity index (χ1) is 11.1. The second kappa shape index (κ2) is 6.48. The first-order valence-corrected chi connectivity index (χ1v) is 7.39. The molecule has 6 nitrogen and oxygen atoms in total. The summed E-state index contributed by atoms with van der Waals surface area (Å²) in [5.41, 5.74) is 1.19. The molecule has 1 aliphatic rings. The van der Waals surface area contributed by atoms with Crippen molar-refractivity contribution in [1.82, 2.24) is 4.90 Å². The van der Waals surface area contributed by atoms with Gasteiger partial charge in [0.1, 0.15) is 5.75 Å². The Bertz CT molecular complexity index is 700. The summed E-state index contributed by atoms with van der Waals surface area (Å²) in [6.45, 7) is 1.27. The molecule has 3 rings (SSSR count). The van der Waals surface area contributed by atoms with Crippen LogP contribution in [0.4, 0.5) is 10.5 Å². The largest absolute Gasteiger partial charge is 0.415 e. The lowest BCUT2D eigenvalue weighted by molar-refractivity contribution is -0.384. The van der Waals surface area contributed by atoms with Crippen LogP contribution in [-0.2, 0) is 0 Å². The van der Waals surface area contributed by atoms with Gasteiger partial charge in [-0.1, -0.05) is 30.3 Å². The van der Waals surface area contributed by atoms with Crippen LogP contribution in [0.2, 0.25) is 0 Å². The highest BCUT2D eigenvalue weighted by Gasteiger charge is 2.28. The summed E-state index contributed by atoms with van der Waals surface area (Å²) in [6, 6.07) is 15.6. The van der Waals surface area contributed by atoms with E-state index < -0.39 is 11.0 Å². The van der Waals surface area contributed by atoms with Crippen molar-refractivity contribution in [3.8, 4) is 5.75 Å². The van der Waals surface area contributed by atoms with Gasteiger partial charge in [0.05, 0.1) is 4.92 Å². The molecule has 1 heterocycles. The third-order valence-corrected chi connectivity index (χ3v) is 3.97. The van der Waals surface area contributed by atoms with Crippen LogP contribution in [0.3, 0.4) is 0 Å². The number of nitro benzene ring substituents is 1. The number of non-ortho nitro benzene ring substituents is 1. The summed E-state index contributed by atoms with van der Waals surface area (Å²) in [7, 11) is 0. The number of carbonyl (C=O) groups excluding carboxylic acids is 1. The molecule has 23 heavy (non-hydrogen) atoms. The molecule has 118 valence electrons. The summed E-state index contributed by atoms with van der Waals surface area (Å²) in [6.07, 6.45) is 0.483. The Hall–Kier alpha value is -2.89. The Morgan fingerprint density at radius 2 is 1.83 bits per heavy atom. The van der Waals surface area contributed by atoms with Gasteiger partial charge in [-0.15, -0.1) is 0 Å². The van der Waals surface area contributed by atoms with Crippen molar-refractivity contribution in [2.24, 2.45) is 0 Å². The fraction of sp³-hybridized carbons (Fsp3) is 0.235. The van der Waals surface area contributed by atoms with E-state index in [1.54, 1.807) is 4.90 Å². The Kier molecular flexibility index (Phi) is 4.23. The van der Waals surface area contributed by atoms with Gasteiger partial charge in [-0.3, -0.25) is 10.1 Å². The topological polar surface area (TPSA) is 72.7 Å². The van der Waals surface area contributed by atoms with Crippen molar-refractivity contribution < 1.29 is 14.5 Å². The molecule has 1 atom stereocenters. The Morgan fingerprint density at radius 1 is 1.13 bits per heavy atom. The van der Waals surface area contributed by atoms with E-state index in [4.69, 9.17) is 4.74 Å². The monoisotopic (exact) mass is 312 g/mol. The van der Waals surface area contributed by atoms with Gasteiger partial charge in [-0.2, -0.15) is 0 Å². The van der Waals surface area contributed by atoms with Gasteiger partial charge in [0, 0.05) is 31.1 Å². The van der Waals surface area contributed by atoms with E-state index in [-0.39, 0.29) is 5.69 Å². The van der Waals surface area contributed by atoms with Crippen LogP contribution in [-0.4, -0.2) is 29.0 Å². The summed E-state index contributed by atoms with van der Waals surface area (Å²) in [5, 5.41) is 10.6. The van der Waals surface area contributed by atoms with Crippen LogP contribution in [0.25, 0.3) is 0 Å². The van der Waals surface area contributed by atoms with Crippen molar-refractivity contribution in [2.75, 3.05) is 13.1 Å². The number of hydrogen-bond donors (Lipinski definition) is 0. The quantitative estimate of drug-likeness (QED) is 0.641. The Labute approximate surface area is 133 Å². The van der Waals surface area contributed by atoms with E-state index >= 15 is 0 Å². The van der Waals surface area contributed by atoms with Gasteiger partial charge in [0.15, 0.2) is 0 Å². The zero-order valence-electron chi connectivity index (χ0n) is 12.4. The van der Waals surface area contributed by atoms with Crippen molar-refractivity contribution in [3.63, 3.8) is 0 Å². The zero-order valence-corrected chi connectivity index (χ0v) is 12.4. The predicted molar refractivity (Wildman–Crippen MR) is 84.5 cm³/mol. The van der Waals surface area contributed by atoms with Crippen molar-refractivity contribution >= 4 is 11.8 Å². The van der Waals surface area contributed by atoms with Crippen LogP contribution in [0.5, 0.6) is 5.75 Å². The number of carbonyl (C=O) groups is 1. The van der Waals surface area contributed by atoms with Gasteiger partial charge in [0.2, 0.25) is 0 Å². The molecular formula is C17H16N2O4. The van der Waals surface area contributed by atoms with Crippen LogP contribution >= 0.6 is 0 Å². The number of hydrogen-bond acceptors (Lipinski definition) is 4. The second-order valence-corrected chi connectivity index (χ2v) is 5.46. The van der Waals surface area contributed by atoms with Gasteiger partial charge in [0.25, 0.3) is 5.69 Å². The molecule has 1 saturated heterocycles. The number of benzene rings is 2. The Balaban J connectivity index is 1.60. The van der Waals surface area contributed by atoms with Crippen molar-refractivity contribution in [1.29, 1.82) is 0 Å². The first kappa shape index (κ1) is 15.0. The van der Waals surface area contributed by atoms with Crippen molar-refractivity contribution in [3.05, 3.63) is 70.3 Å². The molecule has 0 aromatic heterocycles. The smallest absolute Gasteiger partial charge is 0.410 e. The number of ether oxygens (including phenoxy) is 1. The van der Waals surface area contributed by atoms with Gasteiger partial charge < -0.3 is 9.64 Å². The van der Waals surface area contributed by atoms with E-state index in [9.17, 15) is 14.9 Å². The molecule has 6 heteroatoms. The highest BCUT2D eigenvalue weighted by Crippen LogP contribution is 2.27. The molecule has 1 unspecified atom stereocenters. The molecule has 0 saturated carbocycles. The summed E-state index contributed by atoms with van der Waals surface area (Å²) in [4.78, 5) is 24.0. The van der Waals surface area contributed by atoms with Crippen LogP contribution < -0.4 is 4.74 Å². The Morgan fingerprint density at radius 3 is 2.48 bits per heavy atom. The molecule has 0 bridgehead atoms. The molecule has 0 spiro atoms. The lowest BCUT2D eigenvalue weighted by Gasteiger charge is -2.16. The maximum Gasteiger partial charge on any atom is 0.415 e. The molecule has 2 aromatic rings. The molecule has 2 aromatic carbocycles. The minimum Gasteiger partial charge on any atom is -0.410 e. The third-order valence-electron chi connectivity index (χ3n) is 3.97. The van der Waals surface area contributed by atoms with Gasteiger partial charge >= 0.3 is 6.09 Å². The maximum atomic E-state index is 12.2. The molecule has 0 N–H and O–H groups in total. The normalized spacial score (nSPS) is 17.0. The van der Waals surface area contributed by atoms with Crippen molar-refractivity contribution in [2.45, 2.75) is 12.3 Å². The lowest BCUT2D eigenvalue weighted by atomic mass is 9.99. The van der Waals surface area contributed by atoms with E-state index in [1.165, 1.54) is 29.8 Å². The highest BCUT2D eigenvalue weighted by molar-refractivity contribution is 5.71. The average Bonchev–Trinajstić information content (AvgIpc) is 3.06. The lowest BCUT2D eigenvalue weighted by Crippen LogP contribution is -2.31. The SMILES string of the molecule is O=C(Oc1ccc([N+](=O)[O-])cc1)N1CCC(c2ccccc2)C1. The molecule has 0 aliphatic carbocycles. The number of amides is 1. The zero-order chi connectivity index (χ0) is 16.2.